The van der Waals surface area contributed by atoms with Crippen molar-refractivity contribution in [2.45, 2.75) is 65.6 Å². The van der Waals surface area contributed by atoms with E-state index in [2.05, 4.69) is 10.6 Å². The van der Waals surface area contributed by atoms with Gasteiger partial charge in [0.2, 0.25) is 24.1 Å². The van der Waals surface area contributed by atoms with Crippen molar-refractivity contribution in [2.75, 3.05) is 26.7 Å². The van der Waals surface area contributed by atoms with Gasteiger partial charge in [-0.25, -0.2) is 0 Å². The summed E-state index contributed by atoms with van der Waals surface area (Å²) in [5.41, 5.74) is 0.462. The molecular formula is C22H38N4O5. The van der Waals surface area contributed by atoms with E-state index in [1.54, 1.807) is 24.9 Å². The number of aliphatic hydroxyl groups is 1. The second-order valence-electron chi connectivity index (χ2n) is 8.79. The molecule has 0 aromatic rings. The Labute approximate surface area is 185 Å². The Kier molecular flexibility index (Phi) is 10.7. The van der Waals surface area contributed by atoms with E-state index in [9.17, 15) is 24.3 Å². The summed E-state index contributed by atoms with van der Waals surface area (Å²) in [6.07, 6.45) is 3.53. The van der Waals surface area contributed by atoms with Crippen LogP contribution in [0, 0.1) is 11.8 Å². The molecule has 1 saturated heterocycles. The largest absolute Gasteiger partial charge is 0.394 e. The van der Waals surface area contributed by atoms with Crippen molar-refractivity contribution in [2.24, 2.45) is 11.8 Å². The van der Waals surface area contributed by atoms with E-state index < -0.39 is 6.04 Å². The van der Waals surface area contributed by atoms with Crippen LogP contribution >= 0.6 is 0 Å². The average Bonchev–Trinajstić information content (AvgIpc) is 3.22. The van der Waals surface area contributed by atoms with Crippen LogP contribution in [0.2, 0.25) is 0 Å². The van der Waals surface area contributed by atoms with Gasteiger partial charge >= 0.3 is 0 Å². The number of hydrogen-bond donors (Lipinski definition) is 3. The minimum Gasteiger partial charge on any atom is -0.394 e. The predicted molar refractivity (Wildman–Crippen MR) is 118 cm³/mol. The van der Waals surface area contributed by atoms with E-state index in [1.165, 1.54) is 4.90 Å². The Morgan fingerprint density at radius 1 is 1.19 bits per heavy atom. The number of amides is 4. The third-order valence-corrected chi connectivity index (χ3v) is 5.76. The van der Waals surface area contributed by atoms with Gasteiger partial charge in [-0.15, -0.1) is 0 Å². The molecule has 0 bridgehead atoms. The molecule has 9 heteroatoms. The first-order valence-corrected chi connectivity index (χ1v) is 10.9. The highest BCUT2D eigenvalue weighted by Gasteiger charge is 2.36. The SMILES string of the molecule is C/C(=C\C(C(C)C)N(C)C(=O)CNC=O)C(=O)N1CCC[C@H]1C(=O)NC(CO)C(C)C. The van der Waals surface area contributed by atoms with Crippen LogP contribution in [0.4, 0.5) is 0 Å². The van der Waals surface area contributed by atoms with Crippen LogP contribution in [0.3, 0.4) is 0 Å². The monoisotopic (exact) mass is 438 g/mol. The molecule has 1 heterocycles. The average molecular weight is 439 g/mol. The van der Waals surface area contributed by atoms with E-state index >= 15 is 0 Å². The number of likely N-dealkylation sites (N-methyl/N-ethyl adjacent to an activating group) is 1. The number of nitrogens with zero attached hydrogens (tertiary/aromatic N) is 2. The number of hydrogen-bond acceptors (Lipinski definition) is 5. The smallest absolute Gasteiger partial charge is 0.249 e. The van der Waals surface area contributed by atoms with Gasteiger partial charge in [0.15, 0.2) is 0 Å². The standard InChI is InChI=1S/C22H38N4O5/c1-14(2)17(12-27)24-21(30)18-8-7-9-26(18)22(31)16(5)10-19(15(3)4)25(6)20(29)11-23-13-28/h10,13-15,17-19,27H,7-9,11-12H2,1-6H3,(H,23,28)(H,24,30)/b16-10+/t17?,18-,19?/m0/s1. The molecule has 1 rings (SSSR count). The van der Waals surface area contributed by atoms with E-state index in [0.717, 1.165) is 6.42 Å². The summed E-state index contributed by atoms with van der Waals surface area (Å²) < 4.78 is 0. The summed E-state index contributed by atoms with van der Waals surface area (Å²) in [5, 5.41) is 14.7. The van der Waals surface area contributed by atoms with E-state index in [0.29, 0.717) is 24.9 Å². The molecule has 0 aromatic heterocycles. The molecule has 3 atom stereocenters. The first kappa shape index (κ1) is 26.6. The lowest BCUT2D eigenvalue weighted by Crippen LogP contribution is -2.51. The maximum Gasteiger partial charge on any atom is 0.249 e. The second kappa shape index (κ2) is 12.4. The summed E-state index contributed by atoms with van der Waals surface area (Å²) in [4.78, 5) is 51.7. The summed E-state index contributed by atoms with van der Waals surface area (Å²) in [6.45, 7) is 9.64. The maximum absolute atomic E-state index is 13.1. The summed E-state index contributed by atoms with van der Waals surface area (Å²) in [5.74, 6) is -0.625. The Balaban J connectivity index is 2.96. The molecule has 1 fully saturated rings. The minimum atomic E-state index is -0.572. The molecule has 1 aliphatic heterocycles. The highest BCUT2D eigenvalue weighted by molar-refractivity contribution is 5.97. The molecule has 4 amide bonds. The van der Waals surface area contributed by atoms with Crippen LogP contribution in [0.1, 0.15) is 47.5 Å². The molecule has 0 saturated carbocycles. The molecule has 2 unspecified atom stereocenters. The molecule has 1 aliphatic rings. The molecule has 0 spiro atoms. The Morgan fingerprint density at radius 2 is 1.84 bits per heavy atom. The predicted octanol–water partition coefficient (Wildman–Crippen LogP) is 0.286. The van der Waals surface area contributed by atoms with E-state index in [-0.39, 0.29) is 54.8 Å². The molecule has 0 aromatic carbocycles. The highest BCUT2D eigenvalue weighted by Crippen LogP contribution is 2.22. The maximum atomic E-state index is 13.1. The molecule has 3 N–H and O–H groups in total. The Bertz CT molecular complexity index is 677. The first-order valence-electron chi connectivity index (χ1n) is 10.9. The van der Waals surface area contributed by atoms with Gasteiger partial charge in [0.05, 0.1) is 25.2 Å². The first-order chi connectivity index (χ1) is 14.5. The second-order valence-corrected chi connectivity index (χ2v) is 8.79. The molecule has 9 nitrogen and oxygen atoms in total. The lowest BCUT2D eigenvalue weighted by atomic mass is 9.99. The van der Waals surface area contributed by atoms with Crippen LogP contribution in [0.5, 0.6) is 0 Å². The van der Waals surface area contributed by atoms with Crippen LogP contribution in [-0.4, -0.2) is 83.9 Å². The molecule has 0 aliphatic carbocycles. The zero-order chi connectivity index (χ0) is 23.7. The minimum absolute atomic E-state index is 0.0435. The van der Waals surface area contributed by atoms with Crippen molar-refractivity contribution in [3.8, 4) is 0 Å². The fourth-order valence-electron chi connectivity index (χ4n) is 3.71. The highest BCUT2D eigenvalue weighted by atomic mass is 16.3. The van der Waals surface area contributed by atoms with Crippen LogP contribution in [0.25, 0.3) is 0 Å². The molecular weight excluding hydrogens is 400 g/mol. The number of rotatable bonds is 11. The quantitative estimate of drug-likeness (QED) is 0.316. The third-order valence-electron chi connectivity index (χ3n) is 5.76. The van der Waals surface area contributed by atoms with Gasteiger partial charge in [-0.3, -0.25) is 19.2 Å². The van der Waals surface area contributed by atoms with E-state index in [4.69, 9.17) is 0 Å². The number of likely N-dealkylation sites (tertiary alicyclic amines) is 1. The number of carbonyl (C=O) groups is 4. The summed E-state index contributed by atoms with van der Waals surface area (Å²) in [6, 6.07) is -1.26. The van der Waals surface area contributed by atoms with Crippen molar-refractivity contribution >= 4 is 24.1 Å². The zero-order valence-electron chi connectivity index (χ0n) is 19.6. The fourth-order valence-corrected chi connectivity index (χ4v) is 3.71. The molecule has 31 heavy (non-hydrogen) atoms. The van der Waals surface area contributed by atoms with Crippen LogP contribution in [-0.2, 0) is 19.2 Å². The fraction of sp³-hybridized carbons (Fsp3) is 0.727. The lowest BCUT2D eigenvalue weighted by molar-refractivity contribution is -0.136. The van der Waals surface area contributed by atoms with Gasteiger partial charge in [0.1, 0.15) is 6.04 Å². The Hall–Kier alpha value is -2.42. The third kappa shape index (κ3) is 7.34. The lowest BCUT2D eigenvalue weighted by Gasteiger charge is -2.31. The van der Waals surface area contributed by atoms with Gasteiger partial charge in [0.25, 0.3) is 0 Å². The Morgan fingerprint density at radius 3 is 2.35 bits per heavy atom. The van der Waals surface area contributed by atoms with Crippen molar-refractivity contribution < 1.29 is 24.3 Å². The van der Waals surface area contributed by atoms with Crippen LogP contribution in [0.15, 0.2) is 11.6 Å². The molecule has 0 radical (unpaired) electrons. The summed E-state index contributed by atoms with van der Waals surface area (Å²) in [7, 11) is 1.64. The summed E-state index contributed by atoms with van der Waals surface area (Å²) >= 11 is 0. The van der Waals surface area contributed by atoms with Crippen molar-refractivity contribution in [3.63, 3.8) is 0 Å². The number of aliphatic hydroxyl groups excluding tert-OH is 1. The zero-order valence-corrected chi connectivity index (χ0v) is 19.6. The number of carbonyl (C=O) groups excluding carboxylic acids is 4. The molecule has 176 valence electrons. The topological polar surface area (TPSA) is 119 Å². The van der Waals surface area contributed by atoms with Crippen molar-refractivity contribution in [1.29, 1.82) is 0 Å². The van der Waals surface area contributed by atoms with Gasteiger partial charge in [0, 0.05) is 19.2 Å². The van der Waals surface area contributed by atoms with Gasteiger partial charge in [-0.05, 0) is 31.6 Å². The van der Waals surface area contributed by atoms with Crippen LogP contribution < -0.4 is 10.6 Å². The van der Waals surface area contributed by atoms with Gasteiger partial charge in [-0.2, -0.15) is 0 Å². The normalized spacial score (nSPS) is 18.7. The van der Waals surface area contributed by atoms with Crippen molar-refractivity contribution in [3.05, 3.63) is 11.6 Å². The van der Waals surface area contributed by atoms with Gasteiger partial charge < -0.3 is 25.5 Å². The van der Waals surface area contributed by atoms with Gasteiger partial charge in [-0.1, -0.05) is 33.8 Å². The van der Waals surface area contributed by atoms with E-state index in [1.807, 2.05) is 27.7 Å². The number of nitrogens with one attached hydrogen (secondary N) is 2. The van der Waals surface area contributed by atoms with Crippen molar-refractivity contribution in [1.82, 2.24) is 20.4 Å².